The molecule has 0 saturated heterocycles. The van der Waals surface area contributed by atoms with Gasteiger partial charge in [0.05, 0.1) is 18.6 Å². The standard InChI is InChI=1S/C13H26O3/c1-5-8-9-11(12(14)16-4)13(15,7-3)10-6-2/h11,15H,5-10H2,1-4H3. The van der Waals surface area contributed by atoms with Gasteiger partial charge < -0.3 is 9.84 Å². The fraction of sp³-hybridized carbons (Fsp3) is 0.923. The summed E-state index contributed by atoms with van der Waals surface area (Å²) in [5.41, 5.74) is -0.892. The number of aliphatic hydroxyl groups is 1. The third-order valence-electron chi connectivity index (χ3n) is 3.28. The molecular formula is C13H26O3. The number of hydrogen-bond donors (Lipinski definition) is 1. The summed E-state index contributed by atoms with van der Waals surface area (Å²) >= 11 is 0. The van der Waals surface area contributed by atoms with Crippen molar-refractivity contribution in [2.45, 2.75) is 64.9 Å². The molecule has 0 aromatic carbocycles. The number of hydrogen-bond acceptors (Lipinski definition) is 3. The maximum atomic E-state index is 11.7. The third-order valence-corrected chi connectivity index (χ3v) is 3.28. The summed E-state index contributed by atoms with van der Waals surface area (Å²) in [6.45, 7) is 6.03. The van der Waals surface area contributed by atoms with E-state index in [1.807, 2.05) is 13.8 Å². The van der Waals surface area contributed by atoms with Gasteiger partial charge in [-0.05, 0) is 19.3 Å². The molecule has 0 rings (SSSR count). The first-order chi connectivity index (χ1) is 7.55. The molecule has 0 aliphatic rings. The molecule has 0 radical (unpaired) electrons. The van der Waals surface area contributed by atoms with E-state index in [4.69, 9.17) is 4.74 Å². The van der Waals surface area contributed by atoms with E-state index in [0.717, 1.165) is 19.3 Å². The van der Waals surface area contributed by atoms with Gasteiger partial charge in [0, 0.05) is 0 Å². The Bertz CT molecular complexity index is 203. The Balaban J connectivity index is 4.74. The number of esters is 1. The van der Waals surface area contributed by atoms with Gasteiger partial charge in [0.25, 0.3) is 0 Å². The van der Waals surface area contributed by atoms with Crippen LogP contribution in [0.4, 0.5) is 0 Å². The van der Waals surface area contributed by atoms with E-state index >= 15 is 0 Å². The van der Waals surface area contributed by atoms with Crippen molar-refractivity contribution < 1.29 is 14.6 Å². The van der Waals surface area contributed by atoms with E-state index in [-0.39, 0.29) is 11.9 Å². The van der Waals surface area contributed by atoms with Crippen LogP contribution in [0.3, 0.4) is 0 Å². The Morgan fingerprint density at radius 2 is 1.94 bits per heavy atom. The molecule has 0 aliphatic heterocycles. The van der Waals surface area contributed by atoms with Crippen LogP contribution in [-0.4, -0.2) is 23.8 Å². The van der Waals surface area contributed by atoms with Gasteiger partial charge in [0.2, 0.25) is 0 Å². The monoisotopic (exact) mass is 230 g/mol. The van der Waals surface area contributed by atoms with E-state index in [1.54, 1.807) is 0 Å². The van der Waals surface area contributed by atoms with Crippen molar-refractivity contribution in [2.24, 2.45) is 5.92 Å². The fourth-order valence-corrected chi connectivity index (χ4v) is 2.19. The summed E-state index contributed by atoms with van der Waals surface area (Å²) in [4.78, 5) is 11.7. The Hall–Kier alpha value is -0.570. The zero-order valence-corrected chi connectivity index (χ0v) is 11.1. The van der Waals surface area contributed by atoms with Gasteiger partial charge in [-0.3, -0.25) is 4.79 Å². The van der Waals surface area contributed by atoms with Gasteiger partial charge in [0.1, 0.15) is 0 Å². The largest absolute Gasteiger partial charge is 0.469 e. The summed E-state index contributed by atoms with van der Waals surface area (Å²) < 4.78 is 4.80. The highest BCUT2D eigenvalue weighted by molar-refractivity contribution is 5.73. The van der Waals surface area contributed by atoms with Crippen molar-refractivity contribution in [3.05, 3.63) is 0 Å². The Labute approximate surface area is 99.2 Å². The van der Waals surface area contributed by atoms with Gasteiger partial charge in [-0.1, -0.05) is 40.0 Å². The second-order valence-corrected chi connectivity index (χ2v) is 4.43. The highest BCUT2D eigenvalue weighted by Crippen LogP contribution is 2.31. The van der Waals surface area contributed by atoms with Crippen LogP contribution in [0.2, 0.25) is 0 Å². The molecule has 3 nitrogen and oxygen atoms in total. The SMILES string of the molecule is CCCCC(C(=O)OC)C(O)(CC)CCC. The predicted octanol–water partition coefficient (Wildman–Crippen LogP) is 2.91. The van der Waals surface area contributed by atoms with Crippen LogP contribution in [-0.2, 0) is 9.53 Å². The second-order valence-electron chi connectivity index (χ2n) is 4.43. The molecule has 96 valence electrons. The van der Waals surface area contributed by atoms with E-state index in [9.17, 15) is 9.90 Å². The molecule has 0 bridgehead atoms. The molecule has 16 heavy (non-hydrogen) atoms. The second kappa shape index (κ2) is 7.66. The molecule has 3 heteroatoms. The molecule has 2 unspecified atom stereocenters. The minimum absolute atomic E-state index is 0.272. The van der Waals surface area contributed by atoms with Crippen LogP contribution >= 0.6 is 0 Å². The van der Waals surface area contributed by atoms with Gasteiger partial charge >= 0.3 is 5.97 Å². The predicted molar refractivity (Wildman–Crippen MR) is 65.2 cm³/mol. The zero-order valence-electron chi connectivity index (χ0n) is 11.1. The van der Waals surface area contributed by atoms with Gasteiger partial charge in [0.15, 0.2) is 0 Å². The molecule has 0 amide bonds. The van der Waals surface area contributed by atoms with Gasteiger partial charge in [-0.25, -0.2) is 0 Å². The number of methoxy groups -OCH3 is 1. The number of ether oxygens (including phenoxy) is 1. The normalized spacial score (nSPS) is 16.6. The summed E-state index contributed by atoms with van der Waals surface area (Å²) in [6.07, 6.45) is 4.83. The molecule has 0 aromatic rings. The third kappa shape index (κ3) is 4.12. The van der Waals surface area contributed by atoms with E-state index in [2.05, 4.69) is 6.92 Å². The van der Waals surface area contributed by atoms with E-state index in [1.165, 1.54) is 7.11 Å². The average Bonchev–Trinajstić information content (AvgIpc) is 2.29. The van der Waals surface area contributed by atoms with Crippen LogP contribution in [0.5, 0.6) is 0 Å². The maximum Gasteiger partial charge on any atom is 0.311 e. The first-order valence-electron chi connectivity index (χ1n) is 6.35. The Morgan fingerprint density at radius 3 is 2.31 bits per heavy atom. The summed E-state index contributed by atoms with van der Waals surface area (Å²) in [6, 6.07) is 0. The molecule has 2 atom stereocenters. The highest BCUT2D eigenvalue weighted by Gasteiger charge is 2.39. The molecule has 0 heterocycles. The number of carbonyl (C=O) groups excluding carboxylic acids is 1. The van der Waals surface area contributed by atoms with Crippen LogP contribution in [0, 0.1) is 5.92 Å². The quantitative estimate of drug-likeness (QED) is 0.652. The number of rotatable bonds is 8. The highest BCUT2D eigenvalue weighted by atomic mass is 16.5. The lowest BCUT2D eigenvalue weighted by Gasteiger charge is -2.33. The van der Waals surface area contributed by atoms with Gasteiger partial charge in [-0.15, -0.1) is 0 Å². The van der Waals surface area contributed by atoms with Crippen LogP contribution < -0.4 is 0 Å². The van der Waals surface area contributed by atoms with Crippen LogP contribution in [0.25, 0.3) is 0 Å². The summed E-state index contributed by atoms with van der Waals surface area (Å²) in [7, 11) is 1.39. The smallest absolute Gasteiger partial charge is 0.311 e. The van der Waals surface area contributed by atoms with E-state index in [0.29, 0.717) is 19.3 Å². The lowest BCUT2D eigenvalue weighted by atomic mass is 9.78. The lowest BCUT2D eigenvalue weighted by Crippen LogP contribution is -2.42. The molecule has 0 fully saturated rings. The molecule has 0 aliphatic carbocycles. The first-order valence-corrected chi connectivity index (χ1v) is 6.35. The van der Waals surface area contributed by atoms with Crippen molar-refractivity contribution in [1.82, 2.24) is 0 Å². The van der Waals surface area contributed by atoms with Crippen LogP contribution in [0.15, 0.2) is 0 Å². The summed E-state index contributed by atoms with van der Waals surface area (Å²) in [5.74, 6) is -0.645. The lowest BCUT2D eigenvalue weighted by molar-refractivity contribution is -0.157. The van der Waals surface area contributed by atoms with Crippen LogP contribution in [0.1, 0.15) is 59.3 Å². The minimum Gasteiger partial charge on any atom is -0.469 e. The molecular weight excluding hydrogens is 204 g/mol. The van der Waals surface area contributed by atoms with Crippen molar-refractivity contribution in [3.63, 3.8) is 0 Å². The Kier molecular flexibility index (Phi) is 7.39. The molecule has 0 aromatic heterocycles. The molecule has 0 spiro atoms. The number of unbranched alkanes of at least 4 members (excludes halogenated alkanes) is 1. The zero-order chi connectivity index (χ0) is 12.6. The first kappa shape index (κ1) is 15.4. The minimum atomic E-state index is -0.892. The summed E-state index contributed by atoms with van der Waals surface area (Å²) in [5, 5.41) is 10.5. The maximum absolute atomic E-state index is 11.7. The number of carbonyl (C=O) groups is 1. The van der Waals surface area contributed by atoms with Gasteiger partial charge in [-0.2, -0.15) is 0 Å². The fourth-order valence-electron chi connectivity index (χ4n) is 2.19. The van der Waals surface area contributed by atoms with Crippen molar-refractivity contribution >= 4 is 5.97 Å². The average molecular weight is 230 g/mol. The van der Waals surface area contributed by atoms with E-state index < -0.39 is 5.60 Å². The Morgan fingerprint density at radius 1 is 1.31 bits per heavy atom. The van der Waals surface area contributed by atoms with Crippen molar-refractivity contribution in [1.29, 1.82) is 0 Å². The topological polar surface area (TPSA) is 46.5 Å². The molecule has 1 N–H and O–H groups in total. The van der Waals surface area contributed by atoms with Crippen molar-refractivity contribution in [2.75, 3.05) is 7.11 Å². The molecule has 0 saturated carbocycles. The van der Waals surface area contributed by atoms with Crippen molar-refractivity contribution in [3.8, 4) is 0 Å².